The summed E-state index contributed by atoms with van der Waals surface area (Å²) in [6, 6.07) is 10.3. The molecule has 0 saturated carbocycles. The van der Waals surface area contributed by atoms with Crippen LogP contribution in [0, 0.1) is 5.41 Å². The molecule has 0 aromatic heterocycles. The third-order valence-electron chi connectivity index (χ3n) is 5.54. The Kier molecular flexibility index (Phi) is 7.87. The van der Waals surface area contributed by atoms with Gasteiger partial charge in [-0.1, -0.05) is 65.0 Å². The Morgan fingerprint density at radius 1 is 1.04 bits per heavy atom. The minimum Gasteiger partial charge on any atom is -0.392 e. The molecule has 0 aliphatic heterocycles. The number of benzene rings is 1. The highest BCUT2D eigenvalue weighted by molar-refractivity contribution is 6.74. The monoisotopic (exact) mass is 366 g/mol. The van der Waals surface area contributed by atoms with Crippen LogP contribution in [0.15, 0.2) is 30.3 Å². The van der Waals surface area contributed by atoms with E-state index < -0.39 is 26.1 Å². The van der Waals surface area contributed by atoms with Crippen molar-refractivity contribution in [2.45, 2.75) is 84.9 Å². The molecule has 0 bridgehead atoms. The van der Waals surface area contributed by atoms with Crippen LogP contribution in [0.2, 0.25) is 18.1 Å². The first-order valence-electron chi connectivity index (χ1n) is 9.43. The average Bonchev–Trinajstić information content (AvgIpc) is 2.51. The lowest BCUT2D eigenvalue weighted by molar-refractivity contribution is -0.184. The van der Waals surface area contributed by atoms with E-state index in [9.17, 15) is 5.11 Å². The van der Waals surface area contributed by atoms with Crippen LogP contribution >= 0.6 is 0 Å². The van der Waals surface area contributed by atoms with E-state index in [4.69, 9.17) is 9.16 Å². The maximum absolute atomic E-state index is 10.9. The van der Waals surface area contributed by atoms with Gasteiger partial charge in [0.25, 0.3) is 0 Å². The van der Waals surface area contributed by atoms with Crippen LogP contribution in [-0.2, 0) is 15.6 Å². The van der Waals surface area contributed by atoms with Crippen molar-refractivity contribution < 1.29 is 14.3 Å². The van der Waals surface area contributed by atoms with E-state index in [1.807, 2.05) is 25.1 Å². The van der Waals surface area contributed by atoms with Gasteiger partial charge < -0.3 is 14.3 Å². The predicted molar refractivity (Wildman–Crippen MR) is 108 cm³/mol. The van der Waals surface area contributed by atoms with Crippen LogP contribution in [-0.4, -0.2) is 32.4 Å². The maximum atomic E-state index is 10.9. The molecule has 144 valence electrons. The number of hydrogen-bond donors (Lipinski definition) is 1. The first kappa shape index (κ1) is 22.4. The lowest BCUT2D eigenvalue weighted by Gasteiger charge is -2.45. The minimum absolute atomic E-state index is 0.105. The maximum Gasteiger partial charge on any atom is 0.195 e. The topological polar surface area (TPSA) is 38.7 Å². The summed E-state index contributed by atoms with van der Waals surface area (Å²) < 4.78 is 12.5. The molecule has 25 heavy (non-hydrogen) atoms. The van der Waals surface area contributed by atoms with Crippen LogP contribution in [0.25, 0.3) is 0 Å². The zero-order valence-corrected chi connectivity index (χ0v) is 18.4. The summed E-state index contributed by atoms with van der Waals surface area (Å²) >= 11 is 0. The fourth-order valence-corrected chi connectivity index (χ4v) is 3.73. The van der Waals surface area contributed by atoms with E-state index in [1.54, 1.807) is 0 Å². The van der Waals surface area contributed by atoms with Crippen molar-refractivity contribution >= 4 is 8.32 Å². The summed E-state index contributed by atoms with van der Waals surface area (Å²) in [7, 11) is -1.98. The second-order valence-electron chi connectivity index (χ2n) is 9.03. The van der Waals surface area contributed by atoms with Gasteiger partial charge >= 0.3 is 0 Å². The molecule has 0 radical (unpaired) electrons. The Morgan fingerprint density at radius 2 is 1.60 bits per heavy atom. The molecule has 2 atom stereocenters. The molecule has 0 spiro atoms. The van der Waals surface area contributed by atoms with Gasteiger partial charge in [0, 0.05) is 12.0 Å². The number of rotatable bonds is 9. The van der Waals surface area contributed by atoms with Crippen molar-refractivity contribution in [3.05, 3.63) is 35.9 Å². The molecule has 3 nitrogen and oxygen atoms in total. The summed E-state index contributed by atoms with van der Waals surface area (Å²) in [5, 5.41) is 11.0. The van der Waals surface area contributed by atoms with Gasteiger partial charge in [-0.25, -0.2) is 0 Å². The Morgan fingerprint density at radius 3 is 2.08 bits per heavy atom. The van der Waals surface area contributed by atoms with Gasteiger partial charge in [0.1, 0.15) is 0 Å². The summed E-state index contributed by atoms with van der Waals surface area (Å²) in [5.74, 6) is 0. The first-order valence-corrected chi connectivity index (χ1v) is 12.3. The number of hydrogen-bond acceptors (Lipinski definition) is 3. The lowest BCUT2D eigenvalue weighted by atomic mass is 9.82. The fourth-order valence-electron chi connectivity index (χ4n) is 2.47. The molecule has 1 aromatic rings. The van der Waals surface area contributed by atoms with Crippen LogP contribution in [0.3, 0.4) is 0 Å². The Hall–Kier alpha value is -0.683. The minimum atomic E-state index is -1.98. The molecular weight excluding hydrogens is 328 g/mol. The quantitative estimate of drug-likeness (QED) is 0.470. The molecule has 1 N–H and O–H groups in total. The third kappa shape index (κ3) is 6.21. The Labute approximate surface area is 155 Å². The molecule has 0 heterocycles. The Balaban J connectivity index is 2.84. The van der Waals surface area contributed by atoms with Gasteiger partial charge in [-0.05, 0) is 43.5 Å². The molecule has 1 aromatic carbocycles. The highest BCUT2D eigenvalue weighted by atomic mass is 28.4. The third-order valence-corrected chi connectivity index (χ3v) is 9.96. The summed E-state index contributed by atoms with van der Waals surface area (Å²) in [4.78, 5) is 0. The lowest BCUT2D eigenvalue weighted by Crippen LogP contribution is -2.52. The van der Waals surface area contributed by atoms with Crippen LogP contribution < -0.4 is 0 Å². The van der Waals surface area contributed by atoms with Gasteiger partial charge in [0.15, 0.2) is 14.6 Å². The predicted octanol–water partition coefficient (Wildman–Crippen LogP) is 5.39. The van der Waals surface area contributed by atoms with E-state index >= 15 is 0 Å². The van der Waals surface area contributed by atoms with E-state index in [0.29, 0.717) is 13.0 Å². The highest BCUT2D eigenvalue weighted by Gasteiger charge is 2.45. The Bertz CT molecular complexity index is 506. The van der Waals surface area contributed by atoms with Crippen LogP contribution in [0.5, 0.6) is 0 Å². The van der Waals surface area contributed by atoms with Crippen molar-refractivity contribution in [1.82, 2.24) is 0 Å². The second kappa shape index (κ2) is 8.80. The number of aryl methyl sites for hydroxylation is 1. The molecule has 0 aliphatic rings. The van der Waals surface area contributed by atoms with Crippen molar-refractivity contribution in [3.63, 3.8) is 0 Å². The summed E-state index contributed by atoms with van der Waals surface area (Å²) in [5.41, 5.74) is 0.774. The molecular formula is C21H38O3Si. The van der Waals surface area contributed by atoms with Crippen molar-refractivity contribution in [2.24, 2.45) is 5.41 Å². The zero-order chi connectivity index (χ0) is 19.3. The largest absolute Gasteiger partial charge is 0.392 e. The average molecular weight is 367 g/mol. The van der Waals surface area contributed by atoms with E-state index in [2.05, 4.69) is 59.8 Å². The molecule has 0 fully saturated rings. The van der Waals surface area contributed by atoms with Crippen LogP contribution in [0.1, 0.15) is 53.5 Å². The van der Waals surface area contributed by atoms with Gasteiger partial charge in [-0.3, -0.25) is 0 Å². The van der Waals surface area contributed by atoms with Gasteiger partial charge in [0.05, 0.1) is 6.10 Å². The van der Waals surface area contributed by atoms with Gasteiger partial charge in [-0.15, -0.1) is 0 Å². The zero-order valence-electron chi connectivity index (χ0n) is 17.4. The molecule has 0 aliphatic carbocycles. The number of aliphatic hydroxyl groups excluding tert-OH is 1. The molecule has 0 saturated heterocycles. The number of ether oxygens (including phenoxy) is 1. The van der Waals surface area contributed by atoms with E-state index in [-0.39, 0.29) is 5.04 Å². The van der Waals surface area contributed by atoms with Gasteiger partial charge in [-0.2, -0.15) is 0 Å². The van der Waals surface area contributed by atoms with Crippen molar-refractivity contribution in [3.8, 4) is 0 Å². The second-order valence-corrected chi connectivity index (χ2v) is 13.8. The smallest absolute Gasteiger partial charge is 0.195 e. The molecule has 1 rings (SSSR count). The number of aliphatic hydroxyl groups is 1. The normalized spacial score (nSPS) is 15.9. The first-order chi connectivity index (χ1) is 11.4. The SMILES string of the molecule is CCOC(O[Si](C)(C)C(C)(C)C)C(C)(C)C(O)CCc1ccccc1. The van der Waals surface area contributed by atoms with Crippen molar-refractivity contribution in [2.75, 3.05) is 6.61 Å². The molecule has 0 amide bonds. The summed E-state index contributed by atoms with van der Waals surface area (Å²) in [6.45, 7) is 17.8. The standard InChI is InChI=1S/C21H38O3Si/c1-9-23-19(24-25(7,8)20(2,3)4)21(5,6)18(22)16-15-17-13-11-10-12-14-17/h10-14,18-19,22H,9,15-16H2,1-8H3. The van der Waals surface area contributed by atoms with E-state index in [1.165, 1.54) is 5.56 Å². The summed E-state index contributed by atoms with van der Waals surface area (Å²) in [6.07, 6.45) is 0.657. The van der Waals surface area contributed by atoms with E-state index in [0.717, 1.165) is 6.42 Å². The fraction of sp³-hybridized carbons (Fsp3) is 0.714. The molecule has 2 unspecified atom stereocenters. The van der Waals surface area contributed by atoms with Gasteiger partial charge in [0.2, 0.25) is 0 Å². The highest BCUT2D eigenvalue weighted by Crippen LogP contribution is 2.41. The van der Waals surface area contributed by atoms with Crippen molar-refractivity contribution in [1.29, 1.82) is 0 Å². The molecule has 4 heteroatoms. The van der Waals surface area contributed by atoms with Crippen LogP contribution in [0.4, 0.5) is 0 Å².